The summed E-state index contributed by atoms with van der Waals surface area (Å²) in [5, 5.41) is 8.51. The van der Waals surface area contributed by atoms with Crippen LogP contribution in [0.1, 0.15) is 18.2 Å². The van der Waals surface area contributed by atoms with Gasteiger partial charge in [-0.3, -0.25) is 9.78 Å². The molecule has 0 spiro atoms. The lowest BCUT2D eigenvalue weighted by molar-refractivity contribution is -0.116. The number of hydrogen-bond acceptors (Lipinski definition) is 6. The van der Waals surface area contributed by atoms with Crippen LogP contribution in [0, 0.1) is 0 Å². The maximum absolute atomic E-state index is 11.7. The van der Waals surface area contributed by atoms with Crippen LogP contribution in [0.3, 0.4) is 0 Å². The Bertz CT molecular complexity index is 1030. The average Bonchev–Trinajstić information content (AvgIpc) is 3.34. The van der Waals surface area contributed by atoms with E-state index in [2.05, 4.69) is 21.4 Å². The molecule has 0 bridgehead atoms. The summed E-state index contributed by atoms with van der Waals surface area (Å²) in [4.78, 5) is 17.9. The molecule has 2 aromatic heterocycles. The van der Waals surface area contributed by atoms with Crippen molar-refractivity contribution in [1.82, 2.24) is 20.0 Å². The van der Waals surface area contributed by atoms with Crippen LogP contribution < -0.4 is 14.4 Å². The van der Waals surface area contributed by atoms with Gasteiger partial charge in [0.1, 0.15) is 11.4 Å². The summed E-state index contributed by atoms with van der Waals surface area (Å²) in [5.74, 6) is 1.28. The van der Waals surface area contributed by atoms with Crippen molar-refractivity contribution in [3.63, 3.8) is 0 Å². The van der Waals surface area contributed by atoms with Crippen LogP contribution in [0.4, 0.5) is 5.69 Å². The zero-order chi connectivity index (χ0) is 19.7. The van der Waals surface area contributed by atoms with Crippen molar-refractivity contribution in [3.05, 3.63) is 47.9 Å². The SMILES string of the molecule is COc1ccnc(Cn2cc(-c3ccc4c(c3)CCN4C(C)=O)nn2)c1OC. The summed E-state index contributed by atoms with van der Waals surface area (Å²) in [5.41, 5.74) is 4.59. The number of anilines is 1. The fourth-order valence-corrected chi connectivity index (χ4v) is 3.51. The lowest BCUT2D eigenvalue weighted by Crippen LogP contribution is -2.25. The molecule has 0 fully saturated rings. The third-order valence-corrected chi connectivity index (χ3v) is 4.87. The number of benzene rings is 1. The molecule has 28 heavy (non-hydrogen) atoms. The number of aromatic nitrogens is 4. The molecule has 8 nitrogen and oxygen atoms in total. The summed E-state index contributed by atoms with van der Waals surface area (Å²) in [7, 11) is 3.18. The number of nitrogens with zero attached hydrogens (tertiary/aromatic N) is 5. The standard InChI is InChI=1S/C20H21N5O3/c1-13(26)25-9-7-15-10-14(4-5-18(15)25)16-11-24(23-22-16)12-17-20(28-3)19(27-2)6-8-21-17/h4-6,8,10-11H,7,9,12H2,1-3H3. The number of hydrogen-bond donors (Lipinski definition) is 0. The maximum Gasteiger partial charge on any atom is 0.223 e. The number of methoxy groups -OCH3 is 2. The molecule has 1 aliphatic heterocycles. The molecule has 0 saturated heterocycles. The first-order valence-corrected chi connectivity index (χ1v) is 8.98. The molecule has 0 unspecified atom stereocenters. The molecule has 3 aromatic rings. The Morgan fingerprint density at radius 3 is 2.82 bits per heavy atom. The smallest absolute Gasteiger partial charge is 0.223 e. The molecule has 1 amide bonds. The summed E-state index contributed by atoms with van der Waals surface area (Å²) in [6, 6.07) is 7.78. The number of fused-ring (bicyclic) bond motifs is 1. The van der Waals surface area contributed by atoms with Gasteiger partial charge in [-0.05, 0) is 24.1 Å². The predicted octanol–water partition coefficient (Wildman–Crippen LogP) is 2.31. The zero-order valence-electron chi connectivity index (χ0n) is 16.0. The minimum Gasteiger partial charge on any atom is -0.493 e. The van der Waals surface area contributed by atoms with Crippen molar-refractivity contribution in [3.8, 4) is 22.8 Å². The maximum atomic E-state index is 11.7. The van der Waals surface area contributed by atoms with Gasteiger partial charge in [0.05, 0.1) is 27.0 Å². The van der Waals surface area contributed by atoms with Crippen molar-refractivity contribution in [2.45, 2.75) is 19.9 Å². The second-order valence-corrected chi connectivity index (χ2v) is 6.56. The second kappa shape index (κ2) is 7.30. The van der Waals surface area contributed by atoms with E-state index in [0.29, 0.717) is 23.7 Å². The van der Waals surface area contributed by atoms with Crippen LogP contribution >= 0.6 is 0 Å². The molecule has 0 saturated carbocycles. The molecule has 1 aliphatic rings. The highest BCUT2D eigenvalue weighted by Crippen LogP contribution is 2.32. The van der Waals surface area contributed by atoms with E-state index in [0.717, 1.165) is 35.5 Å². The van der Waals surface area contributed by atoms with Crippen LogP contribution in [0.5, 0.6) is 11.5 Å². The van der Waals surface area contributed by atoms with E-state index in [1.165, 1.54) is 0 Å². The van der Waals surface area contributed by atoms with Gasteiger partial charge in [-0.15, -0.1) is 5.10 Å². The summed E-state index contributed by atoms with van der Waals surface area (Å²) >= 11 is 0. The van der Waals surface area contributed by atoms with E-state index in [9.17, 15) is 4.79 Å². The Hall–Kier alpha value is -3.42. The van der Waals surface area contributed by atoms with E-state index in [1.54, 1.807) is 43.0 Å². The fraction of sp³-hybridized carbons (Fsp3) is 0.300. The number of carbonyl (C=O) groups is 1. The van der Waals surface area contributed by atoms with Gasteiger partial charge in [0.15, 0.2) is 11.5 Å². The number of ether oxygens (including phenoxy) is 2. The first-order valence-electron chi connectivity index (χ1n) is 8.98. The highest BCUT2D eigenvalue weighted by molar-refractivity contribution is 5.94. The van der Waals surface area contributed by atoms with Crippen molar-refractivity contribution < 1.29 is 14.3 Å². The Kier molecular flexibility index (Phi) is 4.68. The summed E-state index contributed by atoms with van der Waals surface area (Å²) < 4.78 is 12.5. The van der Waals surface area contributed by atoms with E-state index in [1.807, 2.05) is 18.3 Å². The van der Waals surface area contributed by atoms with Gasteiger partial charge in [-0.1, -0.05) is 11.3 Å². The normalized spacial score (nSPS) is 12.8. The molecule has 0 atom stereocenters. The largest absolute Gasteiger partial charge is 0.493 e. The third-order valence-electron chi connectivity index (χ3n) is 4.87. The molecule has 144 valence electrons. The van der Waals surface area contributed by atoms with E-state index in [-0.39, 0.29) is 5.91 Å². The highest BCUT2D eigenvalue weighted by atomic mass is 16.5. The van der Waals surface area contributed by atoms with Crippen molar-refractivity contribution in [2.24, 2.45) is 0 Å². The fourth-order valence-electron chi connectivity index (χ4n) is 3.51. The van der Waals surface area contributed by atoms with Crippen LogP contribution in [-0.4, -0.2) is 46.6 Å². The van der Waals surface area contributed by atoms with Gasteiger partial charge in [0.25, 0.3) is 0 Å². The van der Waals surface area contributed by atoms with E-state index >= 15 is 0 Å². The molecule has 0 N–H and O–H groups in total. The number of amides is 1. The van der Waals surface area contributed by atoms with E-state index in [4.69, 9.17) is 9.47 Å². The summed E-state index contributed by atoms with van der Waals surface area (Å²) in [6.45, 7) is 2.73. The van der Waals surface area contributed by atoms with Crippen molar-refractivity contribution in [1.29, 1.82) is 0 Å². The number of pyridine rings is 1. The van der Waals surface area contributed by atoms with Crippen LogP contribution in [0.2, 0.25) is 0 Å². The Morgan fingerprint density at radius 2 is 2.07 bits per heavy atom. The quantitative estimate of drug-likeness (QED) is 0.677. The molecular formula is C20H21N5O3. The lowest BCUT2D eigenvalue weighted by Gasteiger charge is -2.14. The first-order chi connectivity index (χ1) is 13.6. The Morgan fingerprint density at radius 1 is 1.21 bits per heavy atom. The molecular weight excluding hydrogens is 358 g/mol. The molecule has 0 aliphatic carbocycles. The third kappa shape index (κ3) is 3.17. The monoisotopic (exact) mass is 379 g/mol. The predicted molar refractivity (Wildman–Crippen MR) is 104 cm³/mol. The van der Waals surface area contributed by atoms with Crippen LogP contribution in [-0.2, 0) is 17.8 Å². The van der Waals surface area contributed by atoms with Gasteiger partial charge in [0.2, 0.25) is 5.91 Å². The molecule has 3 heterocycles. The average molecular weight is 379 g/mol. The molecule has 0 radical (unpaired) electrons. The molecule has 1 aromatic carbocycles. The number of carbonyl (C=O) groups excluding carboxylic acids is 1. The van der Waals surface area contributed by atoms with Crippen LogP contribution in [0.15, 0.2) is 36.7 Å². The van der Waals surface area contributed by atoms with Gasteiger partial charge in [-0.25, -0.2) is 4.68 Å². The lowest BCUT2D eigenvalue weighted by atomic mass is 10.1. The highest BCUT2D eigenvalue weighted by Gasteiger charge is 2.22. The zero-order valence-corrected chi connectivity index (χ0v) is 16.0. The minimum atomic E-state index is 0.0668. The van der Waals surface area contributed by atoms with Crippen molar-refractivity contribution in [2.75, 3.05) is 25.7 Å². The van der Waals surface area contributed by atoms with E-state index < -0.39 is 0 Å². The minimum absolute atomic E-state index is 0.0668. The van der Waals surface area contributed by atoms with Crippen LogP contribution in [0.25, 0.3) is 11.3 Å². The van der Waals surface area contributed by atoms with Crippen molar-refractivity contribution >= 4 is 11.6 Å². The first kappa shape index (κ1) is 18.0. The van der Waals surface area contributed by atoms with Gasteiger partial charge >= 0.3 is 0 Å². The van der Waals surface area contributed by atoms with Gasteiger partial charge in [-0.2, -0.15) is 0 Å². The summed E-state index contributed by atoms with van der Waals surface area (Å²) in [6.07, 6.45) is 4.40. The Labute approximate surface area is 162 Å². The Balaban J connectivity index is 1.59. The molecule has 4 rings (SSSR count). The number of rotatable bonds is 5. The topological polar surface area (TPSA) is 82.4 Å². The second-order valence-electron chi connectivity index (χ2n) is 6.56. The molecule has 8 heteroatoms. The van der Waals surface area contributed by atoms with Gasteiger partial charge < -0.3 is 14.4 Å². The van der Waals surface area contributed by atoms with Gasteiger partial charge in [0, 0.05) is 37.0 Å².